The summed E-state index contributed by atoms with van der Waals surface area (Å²) in [5, 5.41) is 0. The van der Waals surface area contributed by atoms with Gasteiger partial charge >= 0.3 is 0 Å². The molecule has 1 heterocycles. The molecule has 0 radical (unpaired) electrons. The summed E-state index contributed by atoms with van der Waals surface area (Å²) in [5.41, 5.74) is 1.48. The largest absolute Gasteiger partial charge is 0.299 e. The number of likely N-dealkylation sites (tertiary alicyclic amines) is 1. The highest BCUT2D eigenvalue weighted by Crippen LogP contribution is 2.36. The van der Waals surface area contributed by atoms with Gasteiger partial charge in [-0.1, -0.05) is 44.2 Å². The van der Waals surface area contributed by atoms with E-state index in [1.165, 1.54) is 24.9 Å². The third-order valence-corrected chi connectivity index (χ3v) is 4.04. The van der Waals surface area contributed by atoms with Gasteiger partial charge in [-0.05, 0) is 43.8 Å². The SMILES string of the molecule is CC(C)[C@@H]1CCN(C)[C@H](c2ccccc2)C1. The number of rotatable bonds is 2. The molecular formula is C15H23N. The molecule has 1 aliphatic heterocycles. The summed E-state index contributed by atoms with van der Waals surface area (Å²) in [6.07, 6.45) is 2.68. The minimum atomic E-state index is 0.627. The number of benzene rings is 1. The lowest BCUT2D eigenvalue weighted by Gasteiger charge is -2.39. The van der Waals surface area contributed by atoms with Crippen molar-refractivity contribution in [2.24, 2.45) is 11.8 Å². The molecule has 1 fully saturated rings. The van der Waals surface area contributed by atoms with Crippen molar-refractivity contribution in [3.8, 4) is 0 Å². The molecule has 1 aromatic carbocycles. The maximum Gasteiger partial charge on any atom is 0.0347 e. The second kappa shape index (κ2) is 5.01. The van der Waals surface area contributed by atoms with Crippen LogP contribution < -0.4 is 0 Å². The van der Waals surface area contributed by atoms with E-state index >= 15 is 0 Å². The van der Waals surface area contributed by atoms with E-state index in [1.54, 1.807) is 0 Å². The minimum absolute atomic E-state index is 0.627. The first kappa shape index (κ1) is 11.7. The molecule has 0 spiro atoms. The molecule has 0 amide bonds. The van der Waals surface area contributed by atoms with Crippen LogP contribution in [-0.2, 0) is 0 Å². The molecule has 1 saturated heterocycles. The Bertz CT molecular complexity index is 317. The van der Waals surface area contributed by atoms with Crippen LogP contribution >= 0.6 is 0 Å². The van der Waals surface area contributed by atoms with Gasteiger partial charge in [-0.2, -0.15) is 0 Å². The minimum Gasteiger partial charge on any atom is -0.299 e. The standard InChI is InChI=1S/C15H23N/c1-12(2)14-9-10-16(3)15(11-14)13-7-5-4-6-8-13/h4-8,12,14-15H,9-11H2,1-3H3/t14-,15+/m1/s1. The highest BCUT2D eigenvalue weighted by Gasteiger charge is 2.28. The van der Waals surface area contributed by atoms with Crippen molar-refractivity contribution in [1.82, 2.24) is 4.90 Å². The Morgan fingerprint density at radius 2 is 1.88 bits per heavy atom. The van der Waals surface area contributed by atoms with E-state index in [0.717, 1.165) is 11.8 Å². The normalized spacial score (nSPS) is 27.2. The lowest BCUT2D eigenvalue weighted by atomic mass is 9.81. The van der Waals surface area contributed by atoms with Crippen LogP contribution in [0.25, 0.3) is 0 Å². The Balaban J connectivity index is 2.13. The van der Waals surface area contributed by atoms with E-state index < -0.39 is 0 Å². The van der Waals surface area contributed by atoms with Crippen LogP contribution in [0.15, 0.2) is 30.3 Å². The topological polar surface area (TPSA) is 3.24 Å². The zero-order chi connectivity index (χ0) is 11.5. The van der Waals surface area contributed by atoms with Crippen molar-refractivity contribution in [2.45, 2.75) is 32.7 Å². The van der Waals surface area contributed by atoms with Gasteiger partial charge in [0.2, 0.25) is 0 Å². The van der Waals surface area contributed by atoms with E-state index in [4.69, 9.17) is 0 Å². The molecule has 1 heteroatoms. The van der Waals surface area contributed by atoms with Gasteiger partial charge in [-0.15, -0.1) is 0 Å². The van der Waals surface area contributed by atoms with Gasteiger partial charge in [-0.3, -0.25) is 4.90 Å². The highest BCUT2D eigenvalue weighted by atomic mass is 15.1. The molecule has 2 rings (SSSR count). The Morgan fingerprint density at radius 1 is 1.19 bits per heavy atom. The first-order chi connectivity index (χ1) is 7.68. The third-order valence-electron chi connectivity index (χ3n) is 4.04. The molecule has 0 saturated carbocycles. The predicted molar refractivity (Wildman–Crippen MR) is 69.4 cm³/mol. The smallest absolute Gasteiger partial charge is 0.0347 e. The molecule has 88 valence electrons. The van der Waals surface area contributed by atoms with Crippen molar-refractivity contribution >= 4 is 0 Å². The fraction of sp³-hybridized carbons (Fsp3) is 0.600. The molecular weight excluding hydrogens is 194 g/mol. The van der Waals surface area contributed by atoms with Crippen molar-refractivity contribution < 1.29 is 0 Å². The Kier molecular flexibility index (Phi) is 3.65. The van der Waals surface area contributed by atoms with E-state index in [9.17, 15) is 0 Å². The molecule has 16 heavy (non-hydrogen) atoms. The zero-order valence-electron chi connectivity index (χ0n) is 10.7. The maximum absolute atomic E-state index is 2.51. The fourth-order valence-electron chi connectivity index (χ4n) is 2.78. The maximum atomic E-state index is 2.51. The first-order valence-corrected chi connectivity index (χ1v) is 6.43. The number of piperidine rings is 1. The second-order valence-electron chi connectivity index (χ2n) is 5.44. The molecule has 1 aromatic rings. The summed E-state index contributed by atoms with van der Waals surface area (Å²) in [4.78, 5) is 2.51. The third kappa shape index (κ3) is 2.46. The Hall–Kier alpha value is -0.820. The highest BCUT2D eigenvalue weighted by molar-refractivity contribution is 5.19. The number of nitrogens with zero attached hydrogens (tertiary/aromatic N) is 1. The molecule has 0 unspecified atom stereocenters. The van der Waals surface area contributed by atoms with Gasteiger partial charge in [0.25, 0.3) is 0 Å². The molecule has 0 aromatic heterocycles. The van der Waals surface area contributed by atoms with Gasteiger partial charge in [0.1, 0.15) is 0 Å². The summed E-state index contributed by atoms with van der Waals surface area (Å²) in [7, 11) is 2.26. The van der Waals surface area contributed by atoms with Crippen LogP contribution in [0.5, 0.6) is 0 Å². The van der Waals surface area contributed by atoms with Crippen molar-refractivity contribution in [1.29, 1.82) is 0 Å². The molecule has 0 bridgehead atoms. The van der Waals surface area contributed by atoms with Gasteiger partial charge < -0.3 is 0 Å². The summed E-state index contributed by atoms with van der Waals surface area (Å²) in [5.74, 6) is 1.71. The Morgan fingerprint density at radius 3 is 2.50 bits per heavy atom. The molecule has 0 N–H and O–H groups in total. The van der Waals surface area contributed by atoms with Crippen molar-refractivity contribution in [3.05, 3.63) is 35.9 Å². The monoisotopic (exact) mass is 217 g/mol. The summed E-state index contributed by atoms with van der Waals surface area (Å²) in [6.45, 7) is 5.96. The molecule has 1 aliphatic rings. The van der Waals surface area contributed by atoms with Crippen molar-refractivity contribution in [2.75, 3.05) is 13.6 Å². The van der Waals surface area contributed by atoms with Crippen LogP contribution in [-0.4, -0.2) is 18.5 Å². The molecule has 2 atom stereocenters. The fourth-order valence-corrected chi connectivity index (χ4v) is 2.78. The van der Waals surface area contributed by atoms with Crippen LogP contribution in [0.4, 0.5) is 0 Å². The van der Waals surface area contributed by atoms with Crippen LogP contribution in [0, 0.1) is 11.8 Å². The van der Waals surface area contributed by atoms with Crippen LogP contribution in [0.1, 0.15) is 38.3 Å². The molecule has 0 aliphatic carbocycles. The van der Waals surface area contributed by atoms with E-state index in [2.05, 4.69) is 56.1 Å². The zero-order valence-corrected chi connectivity index (χ0v) is 10.7. The molecule has 1 nitrogen and oxygen atoms in total. The van der Waals surface area contributed by atoms with E-state index in [1.807, 2.05) is 0 Å². The van der Waals surface area contributed by atoms with Crippen molar-refractivity contribution in [3.63, 3.8) is 0 Å². The van der Waals surface area contributed by atoms with Crippen LogP contribution in [0.2, 0.25) is 0 Å². The Labute approximate surface area is 99.5 Å². The van der Waals surface area contributed by atoms with E-state index in [0.29, 0.717) is 6.04 Å². The summed E-state index contributed by atoms with van der Waals surface area (Å²) >= 11 is 0. The lowest BCUT2D eigenvalue weighted by molar-refractivity contribution is 0.118. The average Bonchev–Trinajstić information content (AvgIpc) is 2.30. The van der Waals surface area contributed by atoms with Gasteiger partial charge in [0, 0.05) is 6.04 Å². The van der Waals surface area contributed by atoms with E-state index in [-0.39, 0.29) is 0 Å². The summed E-state index contributed by atoms with van der Waals surface area (Å²) in [6, 6.07) is 11.6. The second-order valence-corrected chi connectivity index (χ2v) is 5.44. The number of hydrogen-bond donors (Lipinski definition) is 0. The quantitative estimate of drug-likeness (QED) is 0.729. The first-order valence-electron chi connectivity index (χ1n) is 6.43. The lowest BCUT2D eigenvalue weighted by Crippen LogP contribution is -2.35. The van der Waals surface area contributed by atoms with Gasteiger partial charge in [0.15, 0.2) is 0 Å². The van der Waals surface area contributed by atoms with Gasteiger partial charge in [0.05, 0.1) is 0 Å². The van der Waals surface area contributed by atoms with Gasteiger partial charge in [-0.25, -0.2) is 0 Å². The predicted octanol–water partition coefficient (Wildman–Crippen LogP) is 3.73. The number of hydrogen-bond acceptors (Lipinski definition) is 1. The average molecular weight is 217 g/mol. The van der Waals surface area contributed by atoms with Crippen LogP contribution in [0.3, 0.4) is 0 Å². The summed E-state index contributed by atoms with van der Waals surface area (Å²) < 4.78 is 0.